The summed E-state index contributed by atoms with van der Waals surface area (Å²) < 4.78 is 0. The Bertz CT molecular complexity index is 780. The van der Waals surface area contributed by atoms with Gasteiger partial charge in [0.15, 0.2) is 0 Å². The van der Waals surface area contributed by atoms with E-state index >= 15 is 0 Å². The van der Waals surface area contributed by atoms with Crippen molar-refractivity contribution in [3.05, 3.63) is 54.9 Å². The number of aromatic amines is 1. The van der Waals surface area contributed by atoms with E-state index in [1.807, 2.05) is 30.2 Å². The number of piperidine rings is 1. The fraction of sp³-hybridized carbons (Fsp3) is 0.263. The highest BCUT2D eigenvalue weighted by Crippen LogP contribution is 2.40. The van der Waals surface area contributed by atoms with Crippen LogP contribution >= 0.6 is 11.8 Å². The van der Waals surface area contributed by atoms with Crippen LogP contribution in [-0.4, -0.2) is 33.5 Å². The largest absolute Gasteiger partial charge is 0.317 e. The first-order chi connectivity index (χ1) is 11.9. The number of aromatic nitrogens is 3. The van der Waals surface area contributed by atoms with Gasteiger partial charge in [-0.05, 0) is 43.6 Å². The summed E-state index contributed by atoms with van der Waals surface area (Å²) in [6.07, 6.45) is 6.06. The van der Waals surface area contributed by atoms with E-state index in [0.717, 1.165) is 34.9 Å². The summed E-state index contributed by atoms with van der Waals surface area (Å²) >= 11 is 1.90. The first-order valence-electron chi connectivity index (χ1n) is 8.33. The van der Waals surface area contributed by atoms with E-state index in [2.05, 4.69) is 56.9 Å². The predicted octanol–water partition coefficient (Wildman–Crippen LogP) is 3.98. The van der Waals surface area contributed by atoms with Crippen molar-refractivity contribution >= 4 is 11.8 Å². The van der Waals surface area contributed by atoms with E-state index < -0.39 is 0 Å². The first kappa shape index (κ1) is 15.4. The van der Waals surface area contributed by atoms with Crippen LogP contribution in [0.2, 0.25) is 0 Å². The minimum atomic E-state index is 0.624. The van der Waals surface area contributed by atoms with Gasteiger partial charge in [0.25, 0.3) is 0 Å². The highest BCUT2D eigenvalue weighted by molar-refractivity contribution is 8.00. The highest BCUT2D eigenvalue weighted by Gasteiger charge is 2.21. The number of pyridine rings is 1. The Morgan fingerprint density at radius 3 is 2.42 bits per heavy atom. The van der Waals surface area contributed by atoms with Gasteiger partial charge < -0.3 is 5.32 Å². The maximum absolute atomic E-state index is 4.66. The average molecular weight is 336 g/mol. The summed E-state index contributed by atoms with van der Waals surface area (Å²) in [4.78, 5) is 4.16. The lowest BCUT2D eigenvalue weighted by Crippen LogP contribution is -2.29. The van der Waals surface area contributed by atoms with Crippen LogP contribution in [0.15, 0.2) is 59.9 Å². The van der Waals surface area contributed by atoms with Crippen LogP contribution in [-0.2, 0) is 0 Å². The zero-order valence-corrected chi connectivity index (χ0v) is 14.2. The Morgan fingerprint density at radius 1 is 0.917 bits per heavy atom. The molecule has 3 aromatic rings. The van der Waals surface area contributed by atoms with Gasteiger partial charge in [-0.15, -0.1) is 11.8 Å². The molecule has 0 spiro atoms. The van der Waals surface area contributed by atoms with E-state index in [4.69, 9.17) is 0 Å². The molecular formula is C19H20N4S. The van der Waals surface area contributed by atoms with Crippen molar-refractivity contribution in [3.63, 3.8) is 0 Å². The quantitative estimate of drug-likeness (QED) is 0.756. The molecule has 1 aromatic carbocycles. The van der Waals surface area contributed by atoms with E-state index in [0.29, 0.717) is 5.25 Å². The summed E-state index contributed by atoms with van der Waals surface area (Å²) in [6.45, 7) is 2.19. The second-order valence-electron chi connectivity index (χ2n) is 5.95. The van der Waals surface area contributed by atoms with Crippen LogP contribution in [0.4, 0.5) is 0 Å². The summed E-state index contributed by atoms with van der Waals surface area (Å²) in [5.74, 6) is 0. The zero-order chi connectivity index (χ0) is 16.2. The lowest BCUT2D eigenvalue weighted by molar-refractivity contribution is 0.531. The topological polar surface area (TPSA) is 53.6 Å². The van der Waals surface area contributed by atoms with Gasteiger partial charge in [-0.25, -0.2) is 0 Å². The summed E-state index contributed by atoms with van der Waals surface area (Å²) in [5.41, 5.74) is 4.59. The fourth-order valence-corrected chi connectivity index (χ4v) is 4.31. The highest BCUT2D eigenvalue weighted by atomic mass is 32.2. The third kappa shape index (κ3) is 3.23. The molecule has 0 unspecified atom stereocenters. The Morgan fingerprint density at radius 2 is 1.67 bits per heavy atom. The number of H-pyrrole nitrogens is 1. The van der Waals surface area contributed by atoms with Crippen LogP contribution < -0.4 is 5.32 Å². The van der Waals surface area contributed by atoms with E-state index in [9.17, 15) is 0 Å². The smallest absolute Gasteiger partial charge is 0.127 e. The van der Waals surface area contributed by atoms with Gasteiger partial charge in [-0.3, -0.25) is 10.1 Å². The predicted molar refractivity (Wildman–Crippen MR) is 99.0 cm³/mol. The van der Waals surface area contributed by atoms with E-state index in [1.165, 1.54) is 18.4 Å². The second kappa shape index (κ2) is 7.20. The average Bonchev–Trinajstić information content (AvgIpc) is 3.07. The molecule has 0 saturated carbocycles. The third-order valence-corrected chi connectivity index (χ3v) is 5.65. The number of hydrogen-bond acceptors (Lipinski definition) is 4. The molecule has 1 aliphatic rings. The third-order valence-electron chi connectivity index (χ3n) is 4.33. The SMILES string of the molecule is c1ccc(-c2[nH]nc(SC3CCNCC3)c2-c2ccncc2)cc1. The molecule has 3 heterocycles. The van der Waals surface area contributed by atoms with E-state index in [1.54, 1.807) is 0 Å². The molecule has 1 aliphatic heterocycles. The normalized spacial score (nSPS) is 15.5. The molecule has 2 aromatic heterocycles. The molecule has 4 nitrogen and oxygen atoms in total. The Hall–Kier alpha value is -2.11. The fourth-order valence-electron chi connectivity index (χ4n) is 3.08. The molecule has 1 fully saturated rings. The molecule has 24 heavy (non-hydrogen) atoms. The molecule has 5 heteroatoms. The van der Waals surface area contributed by atoms with Crippen LogP contribution in [0.3, 0.4) is 0 Å². The van der Waals surface area contributed by atoms with Crippen LogP contribution in [0, 0.1) is 0 Å². The molecule has 0 bridgehead atoms. The molecule has 0 radical (unpaired) electrons. The molecule has 0 atom stereocenters. The maximum atomic E-state index is 4.66. The number of hydrogen-bond donors (Lipinski definition) is 2. The van der Waals surface area contributed by atoms with Gasteiger partial charge in [0.1, 0.15) is 5.03 Å². The second-order valence-corrected chi connectivity index (χ2v) is 7.24. The number of benzene rings is 1. The van der Waals surface area contributed by atoms with Crippen LogP contribution in [0.5, 0.6) is 0 Å². The molecule has 2 N–H and O–H groups in total. The van der Waals surface area contributed by atoms with Crippen molar-refractivity contribution in [2.24, 2.45) is 0 Å². The Kier molecular flexibility index (Phi) is 4.62. The van der Waals surface area contributed by atoms with E-state index in [-0.39, 0.29) is 0 Å². The standard InChI is InChI=1S/C19H20N4S/c1-2-4-15(5-3-1)18-17(14-6-10-20-11-7-14)19(23-22-18)24-16-8-12-21-13-9-16/h1-7,10-11,16,21H,8-9,12-13H2,(H,22,23). The molecular weight excluding hydrogens is 316 g/mol. The summed E-state index contributed by atoms with van der Waals surface area (Å²) in [5, 5.41) is 13.1. The zero-order valence-electron chi connectivity index (χ0n) is 13.4. The molecule has 122 valence electrons. The van der Waals surface area contributed by atoms with Crippen molar-refractivity contribution in [2.75, 3.05) is 13.1 Å². The number of nitrogens with zero attached hydrogens (tertiary/aromatic N) is 2. The van der Waals surface area contributed by atoms with Gasteiger partial charge in [-0.1, -0.05) is 30.3 Å². The van der Waals surface area contributed by atoms with Gasteiger partial charge in [-0.2, -0.15) is 5.10 Å². The van der Waals surface area contributed by atoms with Crippen LogP contribution in [0.1, 0.15) is 12.8 Å². The van der Waals surface area contributed by atoms with Crippen molar-refractivity contribution < 1.29 is 0 Å². The number of thioether (sulfide) groups is 1. The van der Waals surface area contributed by atoms with Crippen molar-refractivity contribution in [2.45, 2.75) is 23.1 Å². The minimum absolute atomic E-state index is 0.624. The van der Waals surface area contributed by atoms with Gasteiger partial charge >= 0.3 is 0 Å². The Balaban J connectivity index is 1.75. The lowest BCUT2D eigenvalue weighted by Gasteiger charge is -2.21. The van der Waals surface area contributed by atoms with Gasteiger partial charge in [0.05, 0.1) is 5.69 Å². The molecule has 1 saturated heterocycles. The maximum Gasteiger partial charge on any atom is 0.127 e. The minimum Gasteiger partial charge on any atom is -0.317 e. The van der Waals surface area contributed by atoms with Crippen molar-refractivity contribution in [3.8, 4) is 22.4 Å². The lowest BCUT2D eigenvalue weighted by atomic mass is 10.0. The number of nitrogens with one attached hydrogen (secondary N) is 2. The van der Waals surface area contributed by atoms with Crippen molar-refractivity contribution in [1.82, 2.24) is 20.5 Å². The molecule has 0 aliphatic carbocycles. The van der Waals surface area contributed by atoms with Gasteiger partial charge in [0, 0.05) is 28.8 Å². The Labute approximate surface area is 146 Å². The summed E-state index contributed by atoms with van der Waals surface area (Å²) in [6, 6.07) is 14.5. The molecule has 0 amide bonds. The number of rotatable bonds is 4. The van der Waals surface area contributed by atoms with Gasteiger partial charge in [0.2, 0.25) is 0 Å². The first-order valence-corrected chi connectivity index (χ1v) is 9.21. The van der Waals surface area contributed by atoms with Crippen LogP contribution in [0.25, 0.3) is 22.4 Å². The molecule has 4 rings (SSSR count). The monoisotopic (exact) mass is 336 g/mol. The van der Waals surface area contributed by atoms with Crippen molar-refractivity contribution in [1.29, 1.82) is 0 Å². The summed E-state index contributed by atoms with van der Waals surface area (Å²) in [7, 11) is 0.